The van der Waals surface area contributed by atoms with Crippen LogP contribution in [0.5, 0.6) is 0 Å². The molecular weight excluding hydrogens is 366 g/mol. The summed E-state index contributed by atoms with van der Waals surface area (Å²) in [4.78, 5) is 23.2. The van der Waals surface area contributed by atoms with E-state index >= 15 is 0 Å². The van der Waals surface area contributed by atoms with Crippen molar-refractivity contribution in [1.29, 1.82) is 0 Å². The van der Waals surface area contributed by atoms with Gasteiger partial charge in [-0.25, -0.2) is 0 Å². The van der Waals surface area contributed by atoms with Crippen LogP contribution >= 0.6 is 11.8 Å². The lowest BCUT2D eigenvalue weighted by Crippen LogP contribution is -2.60. The number of hydrogen-bond acceptors (Lipinski definition) is 6. The summed E-state index contributed by atoms with van der Waals surface area (Å²) in [5.41, 5.74) is 0. The predicted molar refractivity (Wildman–Crippen MR) is 105 cm³/mol. The Hall–Kier alpha value is -0.630. The first-order valence-corrected chi connectivity index (χ1v) is 11.4. The summed E-state index contributed by atoms with van der Waals surface area (Å²) in [6, 6.07) is -0.547. The van der Waals surface area contributed by atoms with Crippen LogP contribution in [0.25, 0.3) is 0 Å². The maximum Gasteiger partial charge on any atom is 0.217 e. The summed E-state index contributed by atoms with van der Waals surface area (Å²) in [5.74, 6) is 1.72. The van der Waals surface area contributed by atoms with Crippen molar-refractivity contribution >= 4 is 23.5 Å². The van der Waals surface area contributed by atoms with Crippen LogP contribution in [0, 0.1) is 11.8 Å². The fraction of sp³-hybridized carbons (Fsp3) is 0.900. The van der Waals surface area contributed by atoms with Gasteiger partial charge in [-0.1, -0.05) is 6.42 Å². The van der Waals surface area contributed by atoms with Gasteiger partial charge in [0.05, 0.1) is 18.8 Å². The van der Waals surface area contributed by atoms with Crippen LogP contribution in [0.3, 0.4) is 0 Å². The van der Waals surface area contributed by atoms with Crippen molar-refractivity contribution in [3.63, 3.8) is 0 Å². The second kappa shape index (κ2) is 9.72. The first kappa shape index (κ1) is 21.1. The Bertz CT molecular complexity index is 519. The molecule has 2 aliphatic carbocycles. The second-order valence-electron chi connectivity index (χ2n) is 8.34. The third-order valence-electron chi connectivity index (χ3n) is 6.40. The van der Waals surface area contributed by atoms with Gasteiger partial charge in [0.2, 0.25) is 5.91 Å². The van der Waals surface area contributed by atoms with Gasteiger partial charge < -0.3 is 20.3 Å². The van der Waals surface area contributed by atoms with Gasteiger partial charge in [-0.2, -0.15) is 11.8 Å². The first-order chi connectivity index (χ1) is 13.0. The predicted octanol–water partition coefficient (Wildman–Crippen LogP) is 1.66. The highest BCUT2D eigenvalue weighted by atomic mass is 32.2. The average molecular weight is 400 g/mol. The smallest absolute Gasteiger partial charge is 0.217 e. The van der Waals surface area contributed by atoms with Gasteiger partial charge in [-0.15, -0.1) is 0 Å². The third-order valence-corrected chi connectivity index (χ3v) is 7.78. The number of hydrogen-bond donors (Lipinski definition) is 3. The largest absolute Gasteiger partial charge is 0.388 e. The van der Waals surface area contributed by atoms with Gasteiger partial charge >= 0.3 is 0 Å². The van der Waals surface area contributed by atoms with E-state index in [4.69, 9.17) is 4.74 Å². The van der Waals surface area contributed by atoms with Crippen LogP contribution in [0.1, 0.15) is 58.3 Å². The zero-order valence-corrected chi connectivity index (χ0v) is 17.0. The number of thioether (sulfide) groups is 1. The van der Waals surface area contributed by atoms with Gasteiger partial charge in [0.25, 0.3) is 0 Å². The quantitative estimate of drug-likeness (QED) is 0.603. The molecule has 0 aromatic carbocycles. The number of carbonyl (C=O) groups excluding carboxylic acids is 2. The minimum atomic E-state index is -0.989. The first-order valence-electron chi connectivity index (χ1n) is 10.3. The van der Waals surface area contributed by atoms with Gasteiger partial charge in [0.1, 0.15) is 18.0 Å². The molecule has 154 valence electrons. The number of amides is 1. The molecule has 1 amide bonds. The van der Waals surface area contributed by atoms with Gasteiger partial charge in [0, 0.05) is 30.3 Å². The van der Waals surface area contributed by atoms with Crippen LogP contribution in [-0.2, 0) is 14.3 Å². The Morgan fingerprint density at radius 2 is 1.78 bits per heavy atom. The van der Waals surface area contributed by atoms with E-state index in [0.717, 1.165) is 44.3 Å². The monoisotopic (exact) mass is 399 g/mol. The Labute approximate surface area is 165 Å². The lowest BCUT2D eigenvalue weighted by Gasteiger charge is -2.43. The van der Waals surface area contributed by atoms with E-state index in [1.54, 1.807) is 0 Å². The molecule has 2 saturated carbocycles. The normalized spacial score (nSPS) is 37.4. The third kappa shape index (κ3) is 5.46. The highest BCUT2D eigenvalue weighted by Gasteiger charge is 2.43. The molecule has 3 N–H and O–H groups in total. The van der Waals surface area contributed by atoms with Crippen LogP contribution in [0.15, 0.2) is 0 Å². The van der Waals surface area contributed by atoms with Crippen LogP contribution in [0.2, 0.25) is 0 Å². The van der Waals surface area contributed by atoms with Crippen LogP contribution in [-0.4, -0.2) is 63.9 Å². The zero-order valence-electron chi connectivity index (χ0n) is 16.1. The van der Waals surface area contributed by atoms with E-state index in [1.165, 1.54) is 13.3 Å². The summed E-state index contributed by atoms with van der Waals surface area (Å²) in [6.07, 6.45) is 5.83. The molecule has 3 aliphatic rings. The molecule has 1 unspecified atom stereocenters. The molecule has 3 rings (SSSR count). The second-order valence-corrected chi connectivity index (χ2v) is 9.75. The molecule has 1 saturated heterocycles. The molecule has 4 atom stereocenters. The summed E-state index contributed by atoms with van der Waals surface area (Å²) in [5, 5.41) is 24.0. The maximum atomic E-state index is 12.0. The number of Topliss-reactive ketones (excluding diaryl/α,β-unsaturated/α-hetero) is 1. The fourth-order valence-corrected chi connectivity index (χ4v) is 5.75. The van der Waals surface area contributed by atoms with Crippen molar-refractivity contribution in [1.82, 2.24) is 5.32 Å². The van der Waals surface area contributed by atoms with Crippen LogP contribution < -0.4 is 5.32 Å². The van der Waals surface area contributed by atoms with E-state index in [2.05, 4.69) is 5.32 Å². The van der Waals surface area contributed by atoms with Gasteiger partial charge in [0.15, 0.2) is 0 Å². The van der Waals surface area contributed by atoms with Crippen molar-refractivity contribution in [2.24, 2.45) is 11.8 Å². The van der Waals surface area contributed by atoms with Crippen molar-refractivity contribution in [3.8, 4) is 0 Å². The molecular formula is C20H33NO5S. The average Bonchev–Trinajstić information content (AvgIpc) is 2.58. The molecule has 0 aromatic heterocycles. The number of rotatable bonds is 7. The van der Waals surface area contributed by atoms with Gasteiger partial charge in [-0.3, -0.25) is 9.59 Å². The van der Waals surface area contributed by atoms with Crippen LogP contribution in [0.4, 0.5) is 0 Å². The number of ether oxygens (including phenoxy) is 1. The van der Waals surface area contributed by atoms with E-state index in [1.807, 2.05) is 11.8 Å². The Morgan fingerprint density at radius 3 is 2.37 bits per heavy atom. The number of nitrogens with one attached hydrogen (secondary N) is 1. The molecule has 1 heterocycles. The minimum absolute atomic E-state index is 0.235. The van der Waals surface area contributed by atoms with E-state index in [-0.39, 0.29) is 24.5 Å². The molecule has 7 heteroatoms. The molecule has 0 spiro atoms. The topological polar surface area (TPSA) is 95.9 Å². The molecule has 0 aromatic rings. The van der Waals surface area contributed by atoms with Gasteiger partial charge in [-0.05, 0) is 44.4 Å². The highest BCUT2D eigenvalue weighted by molar-refractivity contribution is 7.99. The molecule has 1 aliphatic heterocycles. The van der Waals surface area contributed by atoms with Crippen molar-refractivity contribution in [3.05, 3.63) is 0 Å². The fourth-order valence-electron chi connectivity index (χ4n) is 4.49. The van der Waals surface area contributed by atoms with E-state index in [9.17, 15) is 19.8 Å². The highest BCUT2D eigenvalue weighted by Crippen LogP contribution is 2.37. The lowest BCUT2D eigenvalue weighted by atomic mass is 9.80. The molecule has 27 heavy (non-hydrogen) atoms. The molecule has 3 fully saturated rings. The number of ketones is 1. The summed E-state index contributed by atoms with van der Waals surface area (Å²) in [7, 11) is 0. The number of aliphatic hydroxyl groups excluding tert-OH is 2. The van der Waals surface area contributed by atoms with E-state index in [0.29, 0.717) is 23.4 Å². The van der Waals surface area contributed by atoms with Crippen molar-refractivity contribution in [2.45, 2.75) is 87.9 Å². The summed E-state index contributed by atoms with van der Waals surface area (Å²) < 4.78 is 5.83. The standard InChI is InChI=1S/C20H33NO5S/c1-12(22)21-16-11-26-20(19(25)18(16)24)14-5-7-15(8-6-14)27-10-9-17(23)13-3-2-4-13/h13-16,18-20,24-25H,2-11H2,1H3,(H,21,22)/t14?,15?,16-,18-,19-,20?/m1/s1. The van der Waals surface area contributed by atoms with Crippen molar-refractivity contribution in [2.75, 3.05) is 12.4 Å². The van der Waals surface area contributed by atoms with E-state index < -0.39 is 18.2 Å². The molecule has 0 bridgehead atoms. The van der Waals surface area contributed by atoms with Crippen molar-refractivity contribution < 1.29 is 24.5 Å². The minimum Gasteiger partial charge on any atom is -0.388 e. The summed E-state index contributed by atoms with van der Waals surface area (Å²) in [6.45, 7) is 1.63. The summed E-state index contributed by atoms with van der Waals surface area (Å²) >= 11 is 1.91. The Morgan fingerprint density at radius 1 is 1.07 bits per heavy atom. The molecule has 6 nitrogen and oxygen atoms in total. The number of carbonyl (C=O) groups is 2. The molecule has 0 radical (unpaired) electrons. The Kier molecular flexibility index (Phi) is 7.59. The SMILES string of the molecule is CC(=O)N[C@@H]1COC(C2CCC(SCCC(=O)C3CCC3)CC2)[C@H](O)[C@@H]1O. The zero-order chi connectivity index (χ0) is 19.4. The Balaban J connectivity index is 1.37. The lowest BCUT2D eigenvalue weighted by molar-refractivity contribution is -0.172. The maximum absolute atomic E-state index is 12.0. The number of aliphatic hydroxyl groups is 2.